The molecule has 0 aliphatic heterocycles. The number of hydrogen-bond donors (Lipinski definition) is 0. The van der Waals surface area contributed by atoms with E-state index < -0.39 is 23.2 Å². The molecule has 4 rings (SSSR count). The maximum atomic E-state index is 13.8. The van der Waals surface area contributed by atoms with Gasteiger partial charge in [0, 0.05) is 30.0 Å². The third-order valence-electron chi connectivity index (χ3n) is 4.12. The van der Waals surface area contributed by atoms with Crippen LogP contribution >= 0.6 is 0 Å². The molecule has 2 heterocycles. The molecule has 146 valence electrons. The second-order valence-corrected chi connectivity index (χ2v) is 6.17. The summed E-state index contributed by atoms with van der Waals surface area (Å²) in [5.74, 6) is -1.42. The first kappa shape index (κ1) is 18.5. The number of ether oxygens (including phenoxy) is 1. The van der Waals surface area contributed by atoms with Crippen molar-refractivity contribution in [3.05, 3.63) is 82.7 Å². The number of rotatable bonds is 5. The summed E-state index contributed by atoms with van der Waals surface area (Å²) in [5, 5.41) is 0.699. The molecule has 0 aliphatic carbocycles. The minimum Gasteiger partial charge on any atom is -0.441 e. The molecule has 2 aromatic heterocycles. The van der Waals surface area contributed by atoms with Crippen LogP contribution in [0.25, 0.3) is 22.3 Å². The molecule has 0 aliphatic rings. The summed E-state index contributed by atoms with van der Waals surface area (Å²) >= 11 is 0. The average Bonchev–Trinajstić information content (AvgIpc) is 3.15. The summed E-state index contributed by atoms with van der Waals surface area (Å²) in [5.41, 5.74) is -0.120. The van der Waals surface area contributed by atoms with Crippen molar-refractivity contribution >= 4 is 16.9 Å². The lowest BCUT2D eigenvalue weighted by molar-refractivity contribution is -0.134. The summed E-state index contributed by atoms with van der Waals surface area (Å²) in [7, 11) is 0. The Balaban J connectivity index is 1.40. The zero-order valence-electron chi connectivity index (χ0n) is 14.9. The van der Waals surface area contributed by atoms with Crippen LogP contribution < -0.4 is 10.4 Å². The van der Waals surface area contributed by atoms with E-state index in [1.54, 1.807) is 18.2 Å². The second kappa shape index (κ2) is 7.67. The third kappa shape index (κ3) is 4.21. The summed E-state index contributed by atoms with van der Waals surface area (Å²) in [6.45, 7) is 0. The number of benzene rings is 2. The van der Waals surface area contributed by atoms with Gasteiger partial charge in [-0.2, -0.15) is 0 Å². The number of aromatic nitrogens is 1. The highest BCUT2D eigenvalue weighted by atomic mass is 19.1. The van der Waals surface area contributed by atoms with Crippen molar-refractivity contribution in [1.29, 1.82) is 0 Å². The van der Waals surface area contributed by atoms with Crippen molar-refractivity contribution in [2.75, 3.05) is 0 Å². The Morgan fingerprint density at radius 2 is 1.86 bits per heavy atom. The van der Waals surface area contributed by atoms with Gasteiger partial charge in [-0.15, -0.1) is 0 Å². The number of fused-ring (bicyclic) bond motifs is 1. The van der Waals surface area contributed by atoms with Gasteiger partial charge in [0.05, 0.1) is 18.2 Å². The number of oxazole rings is 1. The van der Waals surface area contributed by atoms with E-state index in [1.807, 2.05) is 0 Å². The monoisotopic (exact) mass is 397 g/mol. The summed E-state index contributed by atoms with van der Waals surface area (Å²) < 4.78 is 42.5. The van der Waals surface area contributed by atoms with Crippen molar-refractivity contribution in [3.8, 4) is 17.1 Å². The predicted molar refractivity (Wildman–Crippen MR) is 98.3 cm³/mol. The molecular formula is C21H13F2NO5. The van der Waals surface area contributed by atoms with Crippen LogP contribution in [-0.2, 0) is 11.2 Å². The lowest BCUT2D eigenvalue weighted by atomic mass is 10.2. The number of aryl methyl sites for hydroxylation is 1. The van der Waals surface area contributed by atoms with Gasteiger partial charge in [0.2, 0.25) is 0 Å². The van der Waals surface area contributed by atoms with Crippen LogP contribution in [0.3, 0.4) is 0 Å². The van der Waals surface area contributed by atoms with E-state index in [-0.39, 0.29) is 35.8 Å². The van der Waals surface area contributed by atoms with Crippen molar-refractivity contribution in [2.45, 2.75) is 12.8 Å². The lowest BCUT2D eigenvalue weighted by Crippen LogP contribution is -2.09. The second-order valence-electron chi connectivity index (χ2n) is 6.17. The van der Waals surface area contributed by atoms with Gasteiger partial charge in [-0.25, -0.2) is 18.6 Å². The first-order chi connectivity index (χ1) is 14.0. The molecule has 0 saturated carbocycles. The summed E-state index contributed by atoms with van der Waals surface area (Å²) in [4.78, 5) is 27.4. The quantitative estimate of drug-likeness (QED) is 0.284. The van der Waals surface area contributed by atoms with Gasteiger partial charge in [-0.1, -0.05) is 0 Å². The predicted octanol–water partition coefficient (Wildman–Crippen LogP) is 4.26. The van der Waals surface area contributed by atoms with Crippen molar-refractivity contribution in [2.24, 2.45) is 0 Å². The Labute approximate surface area is 162 Å². The smallest absolute Gasteiger partial charge is 0.336 e. The fraction of sp³-hybridized carbons (Fsp3) is 0.0952. The standard InChI is InChI=1S/C21H13F2NO5/c22-13-3-5-15(16(23)9-13)18-11-24-19(28-18)6-8-20(25)27-14-4-1-12-2-7-21(26)29-17(12)10-14/h1-5,7,9-11H,6,8H2. The molecule has 4 aromatic rings. The van der Waals surface area contributed by atoms with Crippen LogP contribution in [-0.4, -0.2) is 11.0 Å². The number of halogens is 2. The maximum absolute atomic E-state index is 13.8. The zero-order valence-corrected chi connectivity index (χ0v) is 14.9. The minimum atomic E-state index is -0.768. The molecule has 0 fully saturated rings. The third-order valence-corrected chi connectivity index (χ3v) is 4.12. The fourth-order valence-electron chi connectivity index (χ4n) is 2.74. The van der Waals surface area contributed by atoms with Gasteiger partial charge in [0.25, 0.3) is 0 Å². The first-order valence-corrected chi connectivity index (χ1v) is 8.63. The molecule has 29 heavy (non-hydrogen) atoms. The highest BCUT2D eigenvalue weighted by molar-refractivity contribution is 5.79. The molecule has 0 spiro atoms. The van der Waals surface area contributed by atoms with Crippen LogP contribution in [0.5, 0.6) is 5.75 Å². The number of nitrogens with zero attached hydrogens (tertiary/aromatic N) is 1. The molecule has 0 radical (unpaired) electrons. The van der Waals surface area contributed by atoms with Crippen LogP contribution in [0.4, 0.5) is 8.78 Å². The highest BCUT2D eigenvalue weighted by Gasteiger charge is 2.14. The highest BCUT2D eigenvalue weighted by Crippen LogP contribution is 2.25. The Hall–Kier alpha value is -3.81. The Morgan fingerprint density at radius 3 is 2.69 bits per heavy atom. The normalized spacial score (nSPS) is 11.0. The Morgan fingerprint density at radius 1 is 1.03 bits per heavy atom. The van der Waals surface area contributed by atoms with Gasteiger partial charge >= 0.3 is 11.6 Å². The van der Waals surface area contributed by atoms with Crippen LogP contribution in [0.1, 0.15) is 12.3 Å². The maximum Gasteiger partial charge on any atom is 0.336 e. The molecule has 0 saturated heterocycles. The van der Waals surface area contributed by atoms with E-state index in [1.165, 1.54) is 24.4 Å². The molecule has 2 aromatic carbocycles. The summed E-state index contributed by atoms with van der Waals surface area (Å²) in [6, 6.07) is 10.7. The number of esters is 1. The molecule has 6 nitrogen and oxygen atoms in total. The van der Waals surface area contributed by atoms with Crippen LogP contribution in [0.15, 0.2) is 68.4 Å². The zero-order chi connectivity index (χ0) is 20.4. The van der Waals surface area contributed by atoms with Gasteiger partial charge in [-0.05, 0) is 30.3 Å². The van der Waals surface area contributed by atoms with Gasteiger partial charge in [0.1, 0.15) is 23.0 Å². The van der Waals surface area contributed by atoms with Gasteiger partial charge in [0.15, 0.2) is 11.7 Å². The molecule has 0 unspecified atom stereocenters. The SMILES string of the molecule is O=C(CCc1ncc(-c2ccc(F)cc2F)o1)Oc1ccc2ccc(=O)oc2c1. The van der Waals surface area contributed by atoms with Crippen molar-refractivity contribution in [1.82, 2.24) is 4.98 Å². The Kier molecular flexibility index (Phi) is 4.90. The number of hydrogen-bond acceptors (Lipinski definition) is 6. The Bertz CT molecular complexity index is 1260. The average molecular weight is 397 g/mol. The van der Waals surface area contributed by atoms with Gasteiger partial charge < -0.3 is 13.6 Å². The molecule has 0 N–H and O–H groups in total. The summed E-state index contributed by atoms with van der Waals surface area (Å²) in [6.07, 6.45) is 1.40. The number of carbonyl (C=O) groups is 1. The van der Waals surface area contributed by atoms with E-state index in [2.05, 4.69) is 4.98 Å². The largest absolute Gasteiger partial charge is 0.441 e. The van der Waals surface area contributed by atoms with E-state index in [9.17, 15) is 18.4 Å². The number of carbonyl (C=O) groups excluding carboxylic acids is 1. The van der Waals surface area contributed by atoms with Gasteiger partial charge in [-0.3, -0.25) is 4.79 Å². The molecule has 8 heteroatoms. The molecule has 0 amide bonds. The minimum absolute atomic E-state index is 0.0391. The van der Waals surface area contributed by atoms with Crippen LogP contribution in [0, 0.1) is 11.6 Å². The van der Waals surface area contributed by atoms with E-state index >= 15 is 0 Å². The fourth-order valence-corrected chi connectivity index (χ4v) is 2.74. The van der Waals surface area contributed by atoms with Crippen LogP contribution in [0.2, 0.25) is 0 Å². The van der Waals surface area contributed by atoms with Crippen molar-refractivity contribution in [3.63, 3.8) is 0 Å². The molecular weight excluding hydrogens is 384 g/mol. The van der Waals surface area contributed by atoms with Crippen molar-refractivity contribution < 1.29 is 27.1 Å². The van der Waals surface area contributed by atoms with E-state index in [0.29, 0.717) is 11.0 Å². The molecule has 0 bridgehead atoms. The van der Waals surface area contributed by atoms with E-state index in [4.69, 9.17) is 13.6 Å². The lowest BCUT2D eigenvalue weighted by Gasteiger charge is -2.04. The van der Waals surface area contributed by atoms with E-state index in [0.717, 1.165) is 12.1 Å². The topological polar surface area (TPSA) is 82.5 Å². The molecule has 0 atom stereocenters. The first-order valence-electron chi connectivity index (χ1n) is 8.63.